The molecule has 5 atom stereocenters. The van der Waals surface area contributed by atoms with Gasteiger partial charge in [-0.15, -0.1) is 0 Å². The molecule has 0 aromatic carbocycles. The van der Waals surface area contributed by atoms with Crippen LogP contribution in [0.5, 0.6) is 0 Å². The average Bonchev–Trinajstić information content (AvgIpc) is 2.57. The minimum atomic E-state index is -1.27. The first-order chi connectivity index (χ1) is 8.04. The Morgan fingerprint density at radius 1 is 1.26 bits per heavy atom. The maximum absolute atomic E-state index is 11.6. The van der Waals surface area contributed by atoms with Crippen LogP contribution in [0.3, 0.4) is 0 Å². The fourth-order valence-corrected chi connectivity index (χ4v) is 2.04. The highest BCUT2D eigenvalue weighted by atomic mass is 16.6. The Bertz CT molecular complexity index is 304. The van der Waals surface area contributed by atoms with Gasteiger partial charge in [-0.05, 0) is 0 Å². The molecule has 2 aliphatic heterocycles. The second kappa shape index (κ2) is 6.96. The summed E-state index contributed by atoms with van der Waals surface area (Å²) in [5.41, 5.74) is 0. The normalized spacial score (nSPS) is 38.2. The number of amides is 2. The second-order valence-corrected chi connectivity index (χ2v) is 4.18. The van der Waals surface area contributed by atoms with Crippen LogP contribution < -0.4 is 5.32 Å². The lowest BCUT2D eigenvalue weighted by Crippen LogP contribution is -2.57. The predicted octanol–water partition coefficient (Wildman–Crippen LogP) is -4.49. The number of hydrogen-bond acceptors (Lipinski definition) is 6. The highest BCUT2D eigenvalue weighted by Crippen LogP contribution is 2.25. The molecule has 2 saturated heterocycles. The van der Waals surface area contributed by atoms with Crippen molar-refractivity contribution in [2.24, 2.45) is 0 Å². The third-order valence-corrected chi connectivity index (χ3v) is 3.02. The zero-order valence-electron chi connectivity index (χ0n) is 10.1. The molecule has 10 heteroatoms. The third kappa shape index (κ3) is 3.30. The number of nitrogens with zero attached hydrogens (tertiary/aromatic N) is 1. The van der Waals surface area contributed by atoms with Crippen molar-refractivity contribution in [2.45, 2.75) is 37.2 Å². The van der Waals surface area contributed by atoms with Crippen molar-refractivity contribution < 1.29 is 40.9 Å². The second-order valence-electron chi connectivity index (χ2n) is 4.18. The van der Waals surface area contributed by atoms with E-state index in [1.807, 2.05) is 0 Å². The lowest BCUT2D eigenvalue weighted by atomic mass is 10.1. The molecular weight excluding hydrogens is 264 g/mol. The number of urea groups is 1. The molecule has 19 heavy (non-hydrogen) atoms. The molecule has 2 aliphatic rings. The van der Waals surface area contributed by atoms with Gasteiger partial charge in [-0.1, -0.05) is 0 Å². The van der Waals surface area contributed by atoms with Gasteiger partial charge in [0.1, 0.15) is 24.5 Å². The fourth-order valence-electron chi connectivity index (χ4n) is 2.04. The number of ether oxygens (including phenoxy) is 1. The van der Waals surface area contributed by atoms with Crippen LogP contribution in [0.2, 0.25) is 0 Å². The summed E-state index contributed by atoms with van der Waals surface area (Å²) in [6.07, 6.45) is -5.02. The molecule has 0 saturated carbocycles. The van der Waals surface area contributed by atoms with Crippen LogP contribution >= 0.6 is 0 Å². The van der Waals surface area contributed by atoms with E-state index in [-0.39, 0.29) is 17.5 Å². The summed E-state index contributed by atoms with van der Waals surface area (Å²) < 4.78 is 5.21. The van der Waals surface area contributed by atoms with E-state index in [1.54, 1.807) is 0 Å². The Labute approximate surface area is 108 Å². The zero-order chi connectivity index (χ0) is 12.6. The van der Waals surface area contributed by atoms with Gasteiger partial charge in [-0.3, -0.25) is 4.90 Å². The number of aliphatic hydroxyl groups is 4. The van der Waals surface area contributed by atoms with E-state index in [0.717, 1.165) is 0 Å². The highest BCUT2D eigenvalue weighted by Gasteiger charge is 2.47. The quantitative estimate of drug-likeness (QED) is 0.340. The summed E-state index contributed by atoms with van der Waals surface area (Å²) in [6, 6.07) is -0.571. The van der Waals surface area contributed by atoms with Crippen LogP contribution in [0.15, 0.2) is 0 Å². The first-order valence-electron chi connectivity index (χ1n) is 5.42. The lowest BCUT2D eigenvalue weighted by Gasteiger charge is -2.35. The Balaban J connectivity index is 0.00000162. The van der Waals surface area contributed by atoms with Crippen LogP contribution in [0, 0.1) is 0 Å². The standard InChI is InChI=1S/C9H16N2O6.2H2O/c12-3-4-6(14)7(15)8(17-4)11-2-1-5(13)10-9(11)16;;/h4-8,12-15H,1-3H2,(H,10,16);2*1H2/t4-,5?,6-,7-,8-;;/m1../s1. The summed E-state index contributed by atoms with van der Waals surface area (Å²) in [5.74, 6) is 0. The molecule has 114 valence electrons. The van der Waals surface area contributed by atoms with Crippen molar-refractivity contribution in [3.63, 3.8) is 0 Å². The van der Waals surface area contributed by atoms with E-state index in [2.05, 4.69) is 5.32 Å². The molecule has 1 unspecified atom stereocenters. The van der Waals surface area contributed by atoms with Gasteiger partial charge < -0.3 is 41.4 Å². The van der Waals surface area contributed by atoms with Crippen molar-refractivity contribution in [3.05, 3.63) is 0 Å². The van der Waals surface area contributed by atoms with E-state index in [1.165, 1.54) is 4.90 Å². The van der Waals surface area contributed by atoms with Gasteiger partial charge >= 0.3 is 6.03 Å². The first kappa shape index (κ1) is 18.0. The molecule has 0 spiro atoms. The van der Waals surface area contributed by atoms with Crippen molar-refractivity contribution in [3.8, 4) is 0 Å². The summed E-state index contributed by atoms with van der Waals surface area (Å²) in [4.78, 5) is 12.7. The third-order valence-electron chi connectivity index (χ3n) is 3.02. The van der Waals surface area contributed by atoms with Crippen LogP contribution in [0.4, 0.5) is 4.79 Å². The van der Waals surface area contributed by atoms with Gasteiger partial charge in [-0.2, -0.15) is 0 Å². The molecule has 2 amide bonds. The van der Waals surface area contributed by atoms with Crippen LogP contribution in [-0.4, -0.2) is 86.2 Å². The summed E-state index contributed by atoms with van der Waals surface area (Å²) in [5, 5.41) is 39.7. The molecule has 0 aromatic rings. The molecule has 9 N–H and O–H groups in total. The number of rotatable bonds is 2. The number of carbonyl (C=O) groups is 1. The fraction of sp³-hybridized carbons (Fsp3) is 0.889. The maximum atomic E-state index is 11.6. The molecule has 2 heterocycles. The van der Waals surface area contributed by atoms with E-state index in [0.29, 0.717) is 6.42 Å². The van der Waals surface area contributed by atoms with Gasteiger partial charge in [0, 0.05) is 13.0 Å². The molecule has 0 aliphatic carbocycles. The minimum absolute atomic E-state index is 0. The number of carbonyl (C=O) groups excluding carboxylic acids is 1. The largest absolute Gasteiger partial charge is 0.412 e. The van der Waals surface area contributed by atoms with E-state index < -0.39 is 43.4 Å². The summed E-state index contributed by atoms with van der Waals surface area (Å²) >= 11 is 0. The van der Waals surface area contributed by atoms with E-state index in [4.69, 9.17) is 9.84 Å². The Hall–Kier alpha value is -1.01. The first-order valence-corrected chi connectivity index (χ1v) is 5.42. The monoisotopic (exact) mass is 284 g/mol. The van der Waals surface area contributed by atoms with Crippen molar-refractivity contribution in [1.29, 1.82) is 0 Å². The molecular formula is C9H20N2O8. The molecule has 10 nitrogen and oxygen atoms in total. The van der Waals surface area contributed by atoms with Crippen molar-refractivity contribution in [2.75, 3.05) is 13.2 Å². The number of hydrogen-bond donors (Lipinski definition) is 5. The molecule has 0 aromatic heterocycles. The Morgan fingerprint density at radius 3 is 2.37 bits per heavy atom. The van der Waals surface area contributed by atoms with Gasteiger partial charge in [0.2, 0.25) is 0 Å². The highest BCUT2D eigenvalue weighted by molar-refractivity contribution is 5.75. The van der Waals surface area contributed by atoms with Crippen molar-refractivity contribution in [1.82, 2.24) is 10.2 Å². The molecule has 0 bridgehead atoms. The predicted molar refractivity (Wildman–Crippen MR) is 60.8 cm³/mol. The average molecular weight is 284 g/mol. The Kier molecular flexibility index (Phi) is 6.59. The van der Waals surface area contributed by atoms with Gasteiger partial charge in [0.15, 0.2) is 6.23 Å². The van der Waals surface area contributed by atoms with Crippen LogP contribution in [-0.2, 0) is 4.74 Å². The number of aliphatic hydroxyl groups excluding tert-OH is 4. The van der Waals surface area contributed by atoms with Crippen molar-refractivity contribution >= 4 is 6.03 Å². The minimum Gasteiger partial charge on any atom is -0.412 e. The van der Waals surface area contributed by atoms with Gasteiger partial charge in [0.05, 0.1) is 6.61 Å². The van der Waals surface area contributed by atoms with E-state index >= 15 is 0 Å². The smallest absolute Gasteiger partial charge is 0.321 e. The molecule has 2 rings (SSSR count). The SMILES string of the molecule is O.O.O=C1NC(O)CCN1[C@@H]1O[C@H](CO)[C@@H](O)[C@H]1O. The lowest BCUT2D eigenvalue weighted by molar-refractivity contribution is -0.0893. The summed E-state index contributed by atoms with van der Waals surface area (Å²) in [6.45, 7) is -0.230. The number of nitrogens with one attached hydrogen (secondary N) is 1. The topological polar surface area (TPSA) is 185 Å². The van der Waals surface area contributed by atoms with Crippen LogP contribution in [0.25, 0.3) is 0 Å². The Morgan fingerprint density at radius 2 is 1.89 bits per heavy atom. The van der Waals surface area contributed by atoms with Gasteiger partial charge in [0.25, 0.3) is 0 Å². The maximum Gasteiger partial charge on any atom is 0.321 e. The van der Waals surface area contributed by atoms with Crippen LogP contribution in [0.1, 0.15) is 6.42 Å². The summed E-state index contributed by atoms with van der Waals surface area (Å²) in [7, 11) is 0. The van der Waals surface area contributed by atoms with E-state index in [9.17, 15) is 20.1 Å². The van der Waals surface area contributed by atoms with Gasteiger partial charge in [-0.25, -0.2) is 4.79 Å². The molecule has 0 radical (unpaired) electrons. The molecule has 2 fully saturated rings. The zero-order valence-corrected chi connectivity index (χ0v) is 10.1.